The van der Waals surface area contributed by atoms with Crippen molar-refractivity contribution in [2.45, 2.75) is 13.8 Å². The van der Waals surface area contributed by atoms with Crippen molar-refractivity contribution in [2.75, 3.05) is 7.11 Å². The number of aromatic nitrogens is 2. The topological polar surface area (TPSA) is 55.2 Å². The van der Waals surface area contributed by atoms with E-state index >= 15 is 0 Å². The molecule has 0 saturated carbocycles. The molecule has 0 aliphatic rings. The number of aromatic hydroxyl groups is 1. The number of fused-ring (bicyclic) bond motifs is 2. The van der Waals surface area contributed by atoms with E-state index in [-0.39, 0.29) is 8.93 Å². The van der Waals surface area contributed by atoms with Gasteiger partial charge >= 0.3 is 3.18 Å². The van der Waals surface area contributed by atoms with Crippen LogP contribution < -0.4 is 4.74 Å². The van der Waals surface area contributed by atoms with Gasteiger partial charge in [-0.25, -0.2) is 0 Å². The van der Waals surface area contributed by atoms with Gasteiger partial charge in [0, 0.05) is 22.2 Å². The highest BCUT2D eigenvalue weighted by Gasteiger charge is 1.97. The molecule has 4 aromatic rings. The fourth-order valence-electron chi connectivity index (χ4n) is 2.55. The number of rotatable bonds is 1. The summed E-state index contributed by atoms with van der Waals surface area (Å²) in [5.41, 5.74) is 3.97. The minimum Gasteiger partial charge on any atom is -0.508 e. The van der Waals surface area contributed by atoms with Gasteiger partial charge in [-0.05, 0) is 62.4 Å². The van der Waals surface area contributed by atoms with Gasteiger partial charge in [0.25, 0.3) is 0 Å². The van der Waals surface area contributed by atoms with E-state index in [0.717, 1.165) is 38.9 Å². The minimum absolute atomic E-state index is 0.271. The van der Waals surface area contributed by atoms with E-state index in [1.807, 2.05) is 56.3 Å². The molecule has 0 unspecified atom stereocenters. The molecule has 0 fully saturated rings. The first kappa shape index (κ1) is 23.6. The molecule has 0 radical (unpaired) electrons. The lowest BCUT2D eigenvalue weighted by Crippen LogP contribution is -1.85. The molecule has 2 heterocycles. The van der Waals surface area contributed by atoms with Crippen LogP contribution in [0.25, 0.3) is 21.8 Å². The van der Waals surface area contributed by atoms with Crippen LogP contribution in [-0.2, 0) is 0 Å². The Morgan fingerprint density at radius 3 is 1.76 bits per heavy atom. The molecule has 4 nitrogen and oxygen atoms in total. The average Bonchev–Trinajstić information content (AvgIpc) is 2.68. The van der Waals surface area contributed by atoms with Crippen LogP contribution in [0.4, 0.5) is 0 Å². The van der Waals surface area contributed by atoms with Gasteiger partial charge < -0.3 is 9.84 Å². The summed E-state index contributed by atoms with van der Waals surface area (Å²) in [4.78, 5) is 8.70. The van der Waals surface area contributed by atoms with E-state index in [1.54, 1.807) is 19.2 Å². The second-order valence-electron chi connectivity index (χ2n) is 6.09. The maximum Gasteiger partial charge on any atom is 0.369 e. The summed E-state index contributed by atoms with van der Waals surface area (Å²) < 4.78 is 5.40. The summed E-state index contributed by atoms with van der Waals surface area (Å²) in [5.74, 6) is 1.16. The van der Waals surface area contributed by atoms with Crippen LogP contribution in [-0.4, -0.2) is 25.4 Å². The second kappa shape index (κ2) is 11.5. The predicted molar refractivity (Wildman–Crippen MR) is 134 cm³/mol. The van der Waals surface area contributed by atoms with E-state index in [0.29, 0.717) is 0 Å². The van der Waals surface area contributed by atoms with Crippen LogP contribution in [0.5, 0.6) is 11.5 Å². The van der Waals surface area contributed by atoms with Gasteiger partial charge in [-0.3, -0.25) is 9.97 Å². The summed E-state index contributed by atoms with van der Waals surface area (Å²) in [7, 11) is 1.67. The number of hydrogen-bond acceptors (Lipinski definition) is 4. The normalized spacial score (nSPS) is 9.86. The molecule has 2 aromatic heterocycles. The van der Waals surface area contributed by atoms with Crippen molar-refractivity contribution in [1.29, 1.82) is 0 Å². The number of hydrogen-bond donors (Lipinski definition) is 1. The zero-order valence-corrected chi connectivity index (χ0v) is 21.0. The third kappa shape index (κ3) is 7.95. The molecule has 29 heavy (non-hydrogen) atoms. The largest absolute Gasteiger partial charge is 0.508 e. The molecular formula is C21H20BBr3N2O2. The summed E-state index contributed by atoms with van der Waals surface area (Å²) >= 11 is 9.31. The van der Waals surface area contributed by atoms with Crippen molar-refractivity contribution in [1.82, 2.24) is 9.97 Å². The van der Waals surface area contributed by atoms with Gasteiger partial charge in [0.05, 0.1) is 18.1 Å². The van der Waals surface area contributed by atoms with Crippen LogP contribution in [0, 0.1) is 13.8 Å². The SMILES string of the molecule is BrB(Br)Br.COc1ccc2nc(C)ccc2c1.Cc1ccc2cc(O)ccc2n1. The van der Waals surface area contributed by atoms with Gasteiger partial charge in [-0.2, -0.15) is 0 Å². The van der Waals surface area contributed by atoms with E-state index in [1.165, 1.54) is 0 Å². The molecule has 0 bridgehead atoms. The van der Waals surface area contributed by atoms with Gasteiger partial charge in [0.2, 0.25) is 0 Å². The molecular weight excluding hydrogens is 563 g/mol. The number of methoxy groups -OCH3 is 1. The molecule has 0 spiro atoms. The van der Waals surface area contributed by atoms with Crippen molar-refractivity contribution in [2.24, 2.45) is 0 Å². The Bertz CT molecular complexity index is 1050. The summed E-state index contributed by atoms with van der Waals surface area (Å²) in [6.45, 7) is 3.94. The van der Waals surface area contributed by atoms with E-state index in [9.17, 15) is 5.11 Å². The van der Waals surface area contributed by atoms with E-state index < -0.39 is 0 Å². The van der Waals surface area contributed by atoms with Crippen LogP contribution in [0.2, 0.25) is 0 Å². The number of pyridine rings is 2. The number of phenolic OH excluding ortho intramolecular Hbond substituents is 1. The lowest BCUT2D eigenvalue weighted by Gasteiger charge is -2.02. The second-order valence-corrected chi connectivity index (χ2v) is 12.5. The van der Waals surface area contributed by atoms with E-state index in [2.05, 4.69) is 63.3 Å². The lowest BCUT2D eigenvalue weighted by molar-refractivity contribution is 0.415. The highest BCUT2D eigenvalue weighted by atomic mass is 79.9. The zero-order chi connectivity index (χ0) is 21.4. The Hall–Kier alpha value is -1.64. The average molecular weight is 583 g/mol. The molecule has 0 atom stereocenters. The maximum atomic E-state index is 9.17. The molecule has 0 aliphatic carbocycles. The molecule has 8 heteroatoms. The highest BCUT2D eigenvalue weighted by Crippen LogP contribution is 2.19. The van der Waals surface area contributed by atoms with Crippen LogP contribution in [0.1, 0.15) is 11.4 Å². The third-order valence-corrected chi connectivity index (χ3v) is 3.85. The van der Waals surface area contributed by atoms with Gasteiger partial charge in [-0.15, -0.1) is 47.3 Å². The monoisotopic (exact) mass is 580 g/mol. The lowest BCUT2D eigenvalue weighted by atomic mass is 10.2. The van der Waals surface area contributed by atoms with Crippen molar-refractivity contribution in [3.05, 3.63) is 72.1 Å². The predicted octanol–water partition coefficient (Wildman–Crippen LogP) is 6.96. The number of phenols is 1. The zero-order valence-electron chi connectivity index (χ0n) is 16.2. The molecule has 150 valence electrons. The van der Waals surface area contributed by atoms with Crippen molar-refractivity contribution >= 4 is 72.3 Å². The molecule has 0 amide bonds. The Morgan fingerprint density at radius 2 is 1.24 bits per heavy atom. The maximum absolute atomic E-state index is 9.17. The quantitative estimate of drug-likeness (QED) is 0.247. The van der Waals surface area contributed by atoms with E-state index in [4.69, 9.17) is 4.74 Å². The molecule has 4 rings (SSSR count). The first-order chi connectivity index (χ1) is 13.8. The van der Waals surface area contributed by atoms with Gasteiger partial charge in [0.15, 0.2) is 0 Å². The van der Waals surface area contributed by atoms with Gasteiger partial charge in [0.1, 0.15) is 11.5 Å². The fourth-order valence-corrected chi connectivity index (χ4v) is 2.55. The first-order valence-electron chi connectivity index (χ1n) is 8.68. The Morgan fingerprint density at radius 1 is 0.759 bits per heavy atom. The molecule has 0 aliphatic heterocycles. The van der Waals surface area contributed by atoms with Gasteiger partial charge in [-0.1, -0.05) is 12.1 Å². The van der Waals surface area contributed by atoms with Crippen LogP contribution in [0.15, 0.2) is 60.7 Å². The summed E-state index contributed by atoms with van der Waals surface area (Å²) in [6.07, 6.45) is 0. The number of benzene rings is 2. The standard InChI is InChI=1S/C11H11NO.C10H9NO.BBr3/c1-8-3-4-9-7-10(13-2)5-6-11(9)12-8;1-7-2-3-8-6-9(12)4-5-10(8)11-7;2-1(3)4/h3-7H,1-2H3;2-6,12H,1H3;. The first-order valence-corrected chi connectivity index (χ1v) is 11.4. The molecule has 2 aromatic carbocycles. The Labute approximate surface area is 195 Å². The number of ether oxygens (including phenoxy) is 1. The Balaban J connectivity index is 0.000000176. The van der Waals surface area contributed by atoms with Crippen LogP contribution >= 0.6 is 47.3 Å². The number of nitrogens with zero attached hydrogens (tertiary/aromatic N) is 2. The van der Waals surface area contributed by atoms with Crippen LogP contribution in [0.3, 0.4) is 0 Å². The molecule has 0 saturated heterocycles. The summed E-state index contributed by atoms with van der Waals surface area (Å²) in [5, 5.41) is 11.3. The highest BCUT2D eigenvalue weighted by molar-refractivity contribution is 9.69. The van der Waals surface area contributed by atoms with Crippen molar-refractivity contribution in [3.8, 4) is 11.5 Å². The fraction of sp³-hybridized carbons (Fsp3) is 0.143. The smallest absolute Gasteiger partial charge is 0.369 e. The third-order valence-electron chi connectivity index (χ3n) is 3.85. The summed E-state index contributed by atoms with van der Waals surface area (Å²) in [6, 6.07) is 19.0. The van der Waals surface area contributed by atoms with Crippen molar-refractivity contribution < 1.29 is 9.84 Å². The molecule has 1 N–H and O–H groups in total. The number of halogens is 3. The van der Waals surface area contributed by atoms with Crippen molar-refractivity contribution in [3.63, 3.8) is 0 Å². The number of aryl methyl sites for hydroxylation is 2. The Kier molecular flexibility index (Phi) is 9.40. The minimum atomic E-state index is 0.271.